The van der Waals surface area contributed by atoms with E-state index in [-0.39, 0.29) is 24.3 Å². The van der Waals surface area contributed by atoms with E-state index in [0.29, 0.717) is 28.7 Å². The molecule has 0 radical (unpaired) electrons. The first-order valence-corrected chi connectivity index (χ1v) is 13.3. The van der Waals surface area contributed by atoms with Crippen molar-refractivity contribution < 1.29 is 9.59 Å². The van der Waals surface area contributed by atoms with E-state index in [4.69, 9.17) is 33.9 Å². The van der Waals surface area contributed by atoms with Crippen molar-refractivity contribution in [2.75, 3.05) is 0 Å². The lowest BCUT2D eigenvalue weighted by Crippen LogP contribution is -2.43. The highest BCUT2D eigenvalue weighted by Crippen LogP contribution is 2.40. The molecule has 4 aromatic carbocycles. The summed E-state index contributed by atoms with van der Waals surface area (Å²) in [6.45, 7) is 1.09. The second-order valence-electron chi connectivity index (χ2n) is 9.70. The SMILES string of the molecule is NC1=NC(c2ccccc2)(c2ccccc2)C(=O)N1Cc1cccc(C(=O)N2Cc3cc(Cl)c(Cl)cc3C2)c1. The molecule has 4 aromatic rings. The number of carbonyl (C=O) groups is 2. The number of nitrogens with two attached hydrogens (primary N) is 1. The molecule has 2 N–H and O–H groups in total. The van der Waals surface area contributed by atoms with Crippen LogP contribution < -0.4 is 5.73 Å². The molecule has 0 saturated carbocycles. The van der Waals surface area contributed by atoms with E-state index in [1.165, 1.54) is 4.90 Å². The molecule has 0 fully saturated rings. The zero-order valence-corrected chi connectivity index (χ0v) is 22.4. The van der Waals surface area contributed by atoms with Crippen molar-refractivity contribution in [3.63, 3.8) is 0 Å². The molecule has 0 bridgehead atoms. The molecule has 0 spiro atoms. The maximum atomic E-state index is 14.1. The molecule has 0 aliphatic carbocycles. The fourth-order valence-electron chi connectivity index (χ4n) is 5.34. The Kier molecular flexibility index (Phi) is 6.37. The number of rotatable bonds is 5. The number of nitrogens with zero attached hydrogens (tertiary/aromatic N) is 3. The number of hydrogen-bond acceptors (Lipinski definition) is 4. The van der Waals surface area contributed by atoms with Crippen LogP contribution in [0.25, 0.3) is 0 Å². The van der Waals surface area contributed by atoms with Gasteiger partial charge in [-0.25, -0.2) is 4.99 Å². The molecule has 6 nitrogen and oxygen atoms in total. The molecule has 2 aliphatic heterocycles. The van der Waals surface area contributed by atoms with E-state index in [2.05, 4.69) is 0 Å². The first-order chi connectivity index (χ1) is 18.9. The quantitative estimate of drug-likeness (QED) is 0.341. The molecule has 0 atom stereocenters. The zero-order chi connectivity index (χ0) is 27.1. The van der Waals surface area contributed by atoms with Crippen LogP contribution in [0.3, 0.4) is 0 Å². The van der Waals surface area contributed by atoms with Gasteiger partial charge in [-0.2, -0.15) is 0 Å². The maximum absolute atomic E-state index is 14.1. The van der Waals surface area contributed by atoms with Gasteiger partial charge in [0.25, 0.3) is 11.8 Å². The van der Waals surface area contributed by atoms with Gasteiger partial charge in [0.05, 0.1) is 16.6 Å². The Labute approximate surface area is 236 Å². The van der Waals surface area contributed by atoms with Crippen LogP contribution in [0.4, 0.5) is 0 Å². The van der Waals surface area contributed by atoms with Gasteiger partial charge in [0.2, 0.25) is 0 Å². The molecular weight excluding hydrogens is 531 g/mol. The van der Waals surface area contributed by atoms with Crippen LogP contribution in [0.2, 0.25) is 10.0 Å². The van der Waals surface area contributed by atoms with Crippen molar-refractivity contribution in [3.05, 3.63) is 140 Å². The Morgan fingerprint density at radius 1 is 0.821 bits per heavy atom. The van der Waals surface area contributed by atoms with Crippen LogP contribution in [-0.2, 0) is 30.0 Å². The Balaban J connectivity index is 1.27. The van der Waals surface area contributed by atoms with Gasteiger partial charge in [0.1, 0.15) is 0 Å². The van der Waals surface area contributed by atoms with E-state index < -0.39 is 5.54 Å². The molecule has 194 valence electrons. The summed E-state index contributed by atoms with van der Waals surface area (Å²) < 4.78 is 0. The van der Waals surface area contributed by atoms with Crippen LogP contribution >= 0.6 is 23.2 Å². The molecule has 2 aliphatic rings. The molecule has 8 heteroatoms. The van der Waals surface area contributed by atoms with E-state index >= 15 is 0 Å². The van der Waals surface area contributed by atoms with Crippen molar-refractivity contribution in [2.24, 2.45) is 10.7 Å². The first-order valence-electron chi connectivity index (χ1n) is 12.5. The topological polar surface area (TPSA) is 79.0 Å². The van der Waals surface area contributed by atoms with E-state index in [1.807, 2.05) is 84.9 Å². The van der Waals surface area contributed by atoms with Gasteiger partial charge in [0.15, 0.2) is 11.5 Å². The largest absolute Gasteiger partial charge is 0.369 e. The highest BCUT2D eigenvalue weighted by atomic mass is 35.5. The highest BCUT2D eigenvalue weighted by molar-refractivity contribution is 6.42. The fourth-order valence-corrected chi connectivity index (χ4v) is 5.71. The first kappa shape index (κ1) is 25.2. The number of benzene rings is 4. The van der Waals surface area contributed by atoms with Crippen molar-refractivity contribution in [1.82, 2.24) is 9.80 Å². The molecule has 39 heavy (non-hydrogen) atoms. The number of halogens is 2. The van der Waals surface area contributed by atoms with E-state index in [0.717, 1.165) is 27.8 Å². The third-order valence-electron chi connectivity index (χ3n) is 7.26. The minimum Gasteiger partial charge on any atom is -0.369 e. The second kappa shape index (κ2) is 9.88. The van der Waals surface area contributed by atoms with Gasteiger partial charge < -0.3 is 10.6 Å². The summed E-state index contributed by atoms with van der Waals surface area (Å²) in [7, 11) is 0. The highest BCUT2D eigenvalue weighted by Gasteiger charge is 2.50. The number of guanidine groups is 1. The summed E-state index contributed by atoms with van der Waals surface area (Å²) in [4.78, 5) is 35.5. The molecule has 6 rings (SSSR count). The van der Waals surface area contributed by atoms with Crippen molar-refractivity contribution in [3.8, 4) is 0 Å². The number of aliphatic imine (C=N–C) groups is 1. The third-order valence-corrected chi connectivity index (χ3v) is 7.99. The smallest absolute Gasteiger partial charge is 0.266 e. The average Bonchev–Trinajstić information content (AvgIpc) is 3.48. The summed E-state index contributed by atoms with van der Waals surface area (Å²) in [5.41, 5.74) is 9.87. The summed E-state index contributed by atoms with van der Waals surface area (Å²) in [6, 6.07) is 29.8. The average molecular weight is 555 g/mol. The lowest BCUT2D eigenvalue weighted by Gasteiger charge is -2.27. The van der Waals surface area contributed by atoms with Gasteiger partial charge >= 0.3 is 0 Å². The van der Waals surface area contributed by atoms with Gasteiger partial charge in [-0.15, -0.1) is 0 Å². The molecule has 0 unspecified atom stereocenters. The molecule has 0 saturated heterocycles. The summed E-state index contributed by atoms with van der Waals surface area (Å²) in [5, 5.41) is 0.951. The summed E-state index contributed by atoms with van der Waals surface area (Å²) in [6.07, 6.45) is 0. The lowest BCUT2D eigenvalue weighted by molar-refractivity contribution is -0.130. The van der Waals surface area contributed by atoms with Crippen LogP contribution in [0, 0.1) is 0 Å². The Bertz CT molecular complexity index is 1550. The minimum absolute atomic E-state index is 0.113. The predicted molar refractivity (Wildman–Crippen MR) is 152 cm³/mol. The molecule has 2 amide bonds. The monoisotopic (exact) mass is 554 g/mol. The second-order valence-corrected chi connectivity index (χ2v) is 10.5. The molecular formula is C31H24Cl2N4O2. The molecule has 0 aromatic heterocycles. The van der Waals surface area contributed by atoms with E-state index in [9.17, 15) is 9.59 Å². The minimum atomic E-state index is -1.27. The Morgan fingerprint density at radius 3 is 1.95 bits per heavy atom. The maximum Gasteiger partial charge on any atom is 0.266 e. The lowest BCUT2D eigenvalue weighted by atomic mass is 9.83. The normalized spacial score (nSPS) is 15.8. The van der Waals surface area contributed by atoms with Crippen LogP contribution in [0.1, 0.15) is 38.2 Å². The number of hydrogen-bond donors (Lipinski definition) is 1. The third kappa shape index (κ3) is 4.36. The van der Waals surface area contributed by atoms with Gasteiger partial charge in [-0.05, 0) is 52.1 Å². The van der Waals surface area contributed by atoms with Crippen LogP contribution in [0.15, 0.2) is 102 Å². The van der Waals surface area contributed by atoms with Crippen molar-refractivity contribution >= 4 is 41.0 Å². The Hall–Kier alpha value is -4.13. The van der Waals surface area contributed by atoms with Gasteiger partial charge in [0, 0.05) is 18.7 Å². The van der Waals surface area contributed by atoms with Crippen molar-refractivity contribution in [1.29, 1.82) is 0 Å². The fraction of sp³-hybridized carbons (Fsp3) is 0.129. The summed E-state index contributed by atoms with van der Waals surface area (Å²) in [5.74, 6) is -0.219. The number of fused-ring (bicyclic) bond motifs is 1. The van der Waals surface area contributed by atoms with E-state index in [1.54, 1.807) is 17.0 Å². The zero-order valence-electron chi connectivity index (χ0n) is 20.9. The van der Waals surface area contributed by atoms with Gasteiger partial charge in [-0.3, -0.25) is 14.5 Å². The standard InChI is InChI=1S/C31H24Cl2N4O2/c32-26-15-22-18-36(19-23(22)16-27(26)33)28(38)21-9-7-8-20(14-21)17-37-29(39)31(35-30(37)34,24-10-3-1-4-11-24)25-12-5-2-6-13-25/h1-16H,17-19H2,(H2,34,35). The number of carbonyl (C=O) groups excluding carboxylic acids is 2. The number of amides is 2. The van der Waals surface area contributed by atoms with Crippen LogP contribution in [-0.4, -0.2) is 27.6 Å². The summed E-state index contributed by atoms with van der Waals surface area (Å²) >= 11 is 12.3. The van der Waals surface area contributed by atoms with Crippen molar-refractivity contribution in [2.45, 2.75) is 25.2 Å². The molecule has 2 heterocycles. The predicted octanol–water partition coefficient (Wildman–Crippen LogP) is 5.75. The van der Waals surface area contributed by atoms with Gasteiger partial charge in [-0.1, -0.05) is 96.0 Å². The van der Waals surface area contributed by atoms with Crippen LogP contribution in [0.5, 0.6) is 0 Å². The Morgan fingerprint density at radius 2 is 1.38 bits per heavy atom.